The second-order valence-corrected chi connectivity index (χ2v) is 5.95. The highest BCUT2D eigenvalue weighted by Crippen LogP contribution is 2.34. The third-order valence-corrected chi connectivity index (χ3v) is 4.25. The monoisotopic (exact) mass is 404 g/mol. The Labute approximate surface area is 141 Å². The highest BCUT2D eigenvalue weighted by molar-refractivity contribution is 9.10. The lowest BCUT2D eigenvalue weighted by atomic mass is 9.98. The zero-order valence-electron chi connectivity index (χ0n) is 11.8. The van der Waals surface area contributed by atoms with Crippen LogP contribution in [0.2, 0.25) is 0 Å². The third-order valence-electron chi connectivity index (χ3n) is 3.63. The SMILES string of the molecule is Cl.Fc1c(Br)cccc1[C@@H](CCC(F)(F)F)N1CCNCC1. The highest BCUT2D eigenvalue weighted by Gasteiger charge is 2.32. The van der Waals surface area contributed by atoms with E-state index in [4.69, 9.17) is 0 Å². The topological polar surface area (TPSA) is 15.3 Å². The maximum Gasteiger partial charge on any atom is 0.389 e. The average molecular weight is 406 g/mol. The zero-order chi connectivity index (χ0) is 15.5. The maximum absolute atomic E-state index is 14.3. The molecule has 0 amide bonds. The zero-order valence-corrected chi connectivity index (χ0v) is 14.2. The summed E-state index contributed by atoms with van der Waals surface area (Å²) in [4.78, 5) is 1.92. The number of hydrogen-bond acceptors (Lipinski definition) is 2. The van der Waals surface area contributed by atoms with Gasteiger partial charge in [-0.1, -0.05) is 12.1 Å². The summed E-state index contributed by atoms with van der Waals surface area (Å²) in [5, 5.41) is 3.15. The van der Waals surface area contributed by atoms with Gasteiger partial charge in [0.2, 0.25) is 0 Å². The van der Waals surface area contributed by atoms with Crippen LogP contribution in [0.15, 0.2) is 22.7 Å². The molecule has 1 heterocycles. The van der Waals surface area contributed by atoms with E-state index in [0.717, 1.165) is 0 Å². The molecule has 126 valence electrons. The molecule has 1 aliphatic rings. The molecule has 1 atom stereocenters. The van der Waals surface area contributed by atoms with Gasteiger partial charge in [0, 0.05) is 44.2 Å². The van der Waals surface area contributed by atoms with Crippen LogP contribution >= 0.6 is 28.3 Å². The smallest absolute Gasteiger partial charge is 0.314 e. The van der Waals surface area contributed by atoms with Crippen LogP contribution in [0.3, 0.4) is 0 Å². The predicted octanol–water partition coefficient (Wildman–Crippen LogP) is 4.30. The third kappa shape index (κ3) is 5.37. The van der Waals surface area contributed by atoms with E-state index in [1.165, 1.54) is 0 Å². The van der Waals surface area contributed by atoms with Crippen LogP contribution in [-0.2, 0) is 0 Å². The number of halogens is 6. The van der Waals surface area contributed by atoms with Gasteiger partial charge in [-0.05, 0) is 28.4 Å². The fraction of sp³-hybridized carbons (Fsp3) is 0.571. The van der Waals surface area contributed by atoms with Gasteiger partial charge >= 0.3 is 6.18 Å². The Morgan fingerprint density at radius 1 is 1.23 bits per heavy atom. The maximum atomic E-state index is 14.3. The molecule has 0 aliphatic carbocycles. The van der Waals surface area contributed by atoms with Gasteiger partial charge in [0.1, 0.15) is 5.82 Å². The van der Waals surface area contributed by atoms with Gasteiger partial charge in [-0.15, -0.1) is 12.4 Å². The summed E-state index contributed by atoms with van der Waals surface area (Å²) in [5.41, 5.74) is 0.329. The Bertz CT molecular complexity index is 478. The fourth-order valence-corrected chi connectivity index (χ4v) is 2.99. The Morgan fingerprint density at radius 2 is 1.86 bits per heavy atom. The largest absolute Gasteiger partial charge is 0.389 e. The van der Waals surface area contributed by atoms with Crippen LogP contribution in [-0.4, -0.2) is 37.3 Å². The first-order chi connectivity index (χ1) is 9.88. The van der Waals surface area contributed by atoms with Gasteiger partial charge in [0.25, 0.3) is 0 Å². The predicted molar refractivity (Wildman–Crippen MR) is 83.8 cm³/mol. The second-order valence-electron chi connectivity index (χ2n) is 5.10. The van der Waals surface area contributed by atoms with E-state index in [0.29, 0.717) is 31.7 Å². The molecule has 0 unspecified atom stereocenters. The summed E-state index contributed by atoms with van der Waals surface area (Å²) in [6, 6.07) is 4.23. The molecule has 8 heteroatoms. The number of alkyl halides is 3. The van der Waals surface area contributed by atoms with Crippen LogP contribution in [0.5, 0.6) is 0 Å². The van der Waals surface area contributed by atoms with Crippen molar-refractivity contribution in [3.8, 4) is 0 Å². The van der Waals surface area contributed by atoms with Crippen LogP contribution in [0, 0.1) is 5.82 Å². The minimum Gasteiger partial charge on any atom is -0.314 e. The van der Waals surface area contributed by atoms with Crippen molar-refractivity contribution in [1.82, 2.24) is 10.2 Å². The number of hydrogen-bond donors (Lipinski definition) is 1. The molecular formula is C14H18BrClF4N2. The van der Waals surface area contributed by atoms with Crippen LogP contribution in [0.25, 0.3) is 0 Å². The van der Waals surface area contributed by atoms with Crippen LogP contribution in [0.4, 0.5) is 17.6 Å². The first-order valence-electron chi connectivity index (χ1n) is 6.84. The van der Waals surface area contributed by atoms with Crippen molar-refractivity contribution in [3.63, 3.8) is 0 Å². The highest BCUT2D eigenvalue weighted by atomic mass is 79.9. The van der Waals surface area contributed by atoms with E-state index in [1.807, 2.05) is 4.90 Å². The minimum atomic E-state index is -4.23. The summed E-state index contributed by atoms with van der Waals surface area (Å²) in [6.45, 7) is 2.65. The molecule has 1 fully saturated rings. The molecule has 1 aliphatic heterocycles. The lowest BCUT2D eigenvalue weighted by Crippen LogP contribution is -2.45. The molecule has 0 radical (unpaired) electrons. The molecule has 2 rings (SSSR count). The Morgan fingerprint density at radius 3 is 2.45 bits per heavy atom. The summed E-state index contributed by atoms with van der Waals surface area (Å²) >= 11 is 3.10. The summed E-state index contributed by atoms with van der Waals surface area (Å²) in [5.74, 6) is -0.469. The summed E-state index contributed by atoms with van der Waals surface area (Å²) in [6.07, 6.45) is -5.26. The quantitative estimate of drug-likeness (QED) is 0.752. The van der Waals surface area contributed by atoms with E-state index in [-0.39, 0.29) is 23.3 Å². The molecule has 0 aromatic heterocycles. The van der Waals surface area contributed by atoms with E-state index in [2.05, 4.69) is 21.2 Å². The molecule has 1 N–H and O–H groups in total. The Balaban J connectivity index is 0.00000242. The van der Waals surface area contributed by atoms with Gasteiger partial charge in [-0.25, -0.2) is 4.39 Å². The van der Waals surface area contributed by atoms with Gasteiger partial charge in [-0.3, -0.25) is 4.90 Å². The molecule has 1 saturated heterocycles. The average Bonchev–Trinajstić information content (AvgIpc) is 2.43. The normalized spacial score (nSPS) is 17.9. The van der Waals surface area contributed by atoms with E-state index in [9.17, 15) is 17.6 Å². The van der Waals surface area contributed by atoms with Crippen molar-refractivity contribution in [2.24, 2.45) is 0 Å². The number of piperazine rings is 1. The molecule has 1 aromatic carbocycles. The number of nitrogens with one attached hydrogen (secondary N) is 1. The Kier molecular flexibility index (Phi) is 7.58. The first-order valence-corrected chi connectivity index (χ1v) is 7.63. The molecule has 0 spiro atoms. The van der Waals surface area contributed by atoms with Crippen molar-refractivity contribution in [3.05, 3.63) is 34.1 Å². The second kappa shape index (κ2) is 8.47. The van der Waals surface area contributed by atoms with Gasteiger partial charge in [0.05, 0.1) is 4.47 Å². The number of rotatable bonds is 4. The lowest BCUT2D eigenvalue weighted by Gasteiger charge is -2.35. The van der Waals surface area contributed by atoms with Crippen molar-refractivity contribution < 1.29 is 17.6 Å². The molecule has 2 nitrogen and oxygen atoms in total. The van der Waals surface area contributed by atoms with Crippen molar-refractivity contribution in [2.75, 3.05) is 26.2 Å². The lowest BCUT2D eigenvalue weighted by molar-refractivity contribution is -0.138. The van der Waals surface area contributed by atoms with Gasteiger partial charge in [-0.2, -0.15) is 13.2 Å². The standard InChI is InChI=1S/C14H17BrF4N2.ClH/c15-11-3-1-2-10(13(11)16)12(4-5-14(17,18)19)21-8-6-20-7-9-21;/h1-3,12,20H,4-9H2;1H/t12-;/m1./s1. The first kappa shape index (κ1) is 19.7. The van der Waals surface area contributed by atoms with E-state index >= 15 is 0 Å². The fourth-order valence-electron chi connectivity index (χ4n) is 2.61. The van der Waals surface area contributed by atoms with Crippen molar-refractivity contribution in [1.29, 1.82) is 0 Å². The van der Waals surface area contributed by atoms with E-state index in [1.54, 1.807) is 18.2 Å². The molecular weight excluding hydrogens is 388 g/mol. The molecule has 22 heavy (non-hydrogen) atoms. The van der Waals surface area contributed by atoms with Crippen molar-refractivity contribution in [2.45, 2.75) is 25.1 Å². The van der Waals surface area contributed by atoms with E-state index < -0.39 is 24.5 Å². The summed E-state index contributed by atoms with van der Waals surface area (Å²) in [7, 11) is 0. The van der Waals surface area contributed by atoms with Gasteiger partial charge in [0.15, 0.2) is 0 Å². The van der Waals surface area contributed by atoms with Crippen molar-refractivity contribution >= 4 is 28.3 Å². The van der Waals surface area contributed by atoms with Crippen LogP contribution < -0.4 is 5.32 Å². The number of benzene rings is 1. The Hall–Kier alpha value is -0.370. The minimum absolute atomic E-state index is 0. The molecule has 0 bridgehead atoms. The van der Waals surface area contributed by atoms with Crippen LogP contribution in [0.1, 0.15) is 24.4 Å². The molecule has 1 aromatic rings. The molecule has 0 saturated carbocycles. The van der Waals surface area contributed by atoms with Gasteiger partial charge < -0.3 is 5.32 Å². The number of nitrogens with zero attached hydrogens (tertiary/aromatic N) is 1. The summed E-state index contributed by atoms with van der Waals surface area (Å²) < 4.78 is 52.2.